The summed E-state index contributed by atoms with van der Waals surface area (Å²) >= 11 is 0. The molecule has 1 aliphatic heterocycles. The van der Waals surface area contributed by atoms with Crippen molar-refractivity contribution in [3.8, 4) is 0 Å². The molecule has 0 bridgehead atoms. The van der Waals surface area contributed by atoms with E-state index in [1.165, 1.54) is 17.4 Å². The van der Waals surface area contributed by atoms with Crippen LogP contribution < -0.4 is 0 Å². The van der Waals surface area contributed by atoms with Crippen LogP contribution in [-0.2, 0) is 16.4 Å². The third kappa shape index (κ3) is 5.32. The average molecular weight is 429 g/mol. The van der Waals surface area contributed by atoms with E-state index >= 15 is 0 Å². The van der Waals surface area contributed by atoms with Crippen LogP contribution in [0, 0.1) is 0 Å². The van der Waals surface area contributed by atoms with Gasteiger partial charge in [-0.15, -0.1) is 0 Å². The number of nitrogens with zero attached hydrogens (tertiary/aromatic N) is 2. The summed E-state index contributed by atoms with van der Waals surface area (Å²) < 4.78 is 23.5. The van der Waals surface area contributed by atoms with Gasteiger partial charge in [-0.25, -0.2) is 8.42 Å². The van der Waals surface area contributed by atoms with Gasteiger partial charge in [0.2, 0.25) is 0 Å². The zero-order valence-corrected chi connectivity index (χ0v) is 20.0. The molecule has 4 nitrogen and oxygen atoms in total. The molecule has 1 aliphatic rings. The SMILES string of the molecule is CC(C)c1ccccc1C1CN(Cc2ccc(S(C)(=O)=O)cc2)CCN1C(C)(C)C. The second kappa shape index (κ2) is 8.81. The van der Waals surface area contributed by atoms with Crippen LogP contribution in [0.5, 0.6) is 0 Å². The lowest BCUT2D eigenvalue weighted by Gasteiger charge is -2.49. The van der Waals surface area contributed by atoms with Gasteiger partial charge in [0.25, 0.3) is 0 Å². The van der Waals surface area contributed by atoms with Gasteiger partial charge in [0.15, 0.2) is 9.84 Å². The molecule has 0 radical (unpaired) electrons. The lowest BCUT2D eigenvalue weighted by Crippen LogP contribution is -2.55. The summed E-state index contributed by atoms with van der Waals surface area (Å²) in [6.07, 6.45) is 1.25. The first-order valence-electron chi connectivity index (χ1n) is 10.8. The maximum Gasteiger partial charge on any atom is 0.175 e. The maximum atomic E-state index is 11.7. The second-order valence-electron chi connectivity index (χ2n) is 9.81. The van der Waals surface area contributed by atoms with Gasteiger partial charge < -0.3 is 0 Å². The highest BCUT2D eigenvalue weighted by Crippen LogP contribution is 2.36. The van der Waals surface area contributed by atoms with Crippen LogP contribution in [0.4, 0.5) is 0 Å². The molecule has 2 aromatic rings. The highest BCUT2D eigenvalue weighted by Gasteiger charge is 2.35. The Hall–Kier alpha value is -1.69. The predicted octanol–water partition coefficient (Wildman–Crippen LogP) is 4.87. The fourth-order valence-electron chi connectivity index (χ4n) is 4.49. The molecule has 0 aromatic heterocycles. The Kier molecular flexibility index (Phi) is 6.75. The Labute approximate surface area is 182 Å². The minimum atomic E-state index is -3.15. The normalized spacial score (nSPS) is 19.4. The summed E-state index contributed by atoms with van der Waals surface area (Å²) in [5.74, 6) is 0.488. The Balaban J connectivity index is 1.85. The summed E-state index contributed by atoms with van der Waals surface area (Å²) in [4.78, 5) is 5.52. The molecule has 30 heavy (non-hydrogen) atoms. The summed E-state index contributed by atoms with van der Waals surface area (Å²) in [6, 6.07) is 16.5. The fraction of sp³-hybridized carbons (Fsp3) is 0.520. The molecule has 5 heteroatoms. The highest BCUT2D eigenvalue weighted by atomic mass is 32.2. The topological polar surface area (TPSA) is 40.6 Å². The van der Waals surface area contributed by atoms with Crippen molar-refractivity contribution in [1.29, 1.82) is 0 Å². The number of hydrogen-bond acceptors (Lipinski definition) is 4. The summed E-state index contributed by atoms with van der Waals surface area (Å²) in [5, 5.41) is 0. The molecule has 1 atom stereocenters. The van der Waals surface area contributed by atoms with Crippen LogP contribution in [0.1, 0.15) is 63.3 Å². The van der Waals surface area contributed by atoms with Crippen molar-refractivity contribution in [1.82, 2.24) is 9.80 Å². The first-order chi connectivity index (χ1) is 14.0. The average Bonchev–Trinajstić information content (AvgIpc) is 2.67. The molecule has 1 saturated heterocycles. The van der Waals surface area contributed by atoms with Gasteiger partial charge in [-0.2, -0.15) is 0 Å². The second-order valence-corrected chi connectivity index (χ2v) is 11.8. The van der Waals surface area contributed by atoms with E-state index in [1.54, 1.807) is 12.1 Å². The summed E-state index contributed by atoms with van der Waals surface area (Å²) in [7, 11) is -3.15. The fourth-order valence-corrected chi connectivity index (χ4v) is 5.12. The number of rotatable bonds is 5. The van der Waals surface area contributed by atoms with Gasteiger partial charge in [-0.05, 0) is 55.5 Å². The largest absolute Gasteiger partial charge is 0.296 e. The van der Waals surface area contributed by atoms with Crippen LogP contribution >= 0.6 is 0 Å². The van der Waals surface area contributed by atoms with Crippen LogP contribution in [-0.4, -0.2) is 49.6 Å². The van der Waals surface area contributed by atoms with Crippen molar-refractivity contribution in [3.63, 3.8) is 0 Å². The van der Waals surface area contributed by atoms with Crippen molar-refractivity contribution in [2.45, 2.75) is 63.6 Å². The Morgan fingerprint density at radius 2 is 1.63 bits per heavy atom. The Bertz CT molecular complexity index is 959. The van der Waals surface area contributed by atoms with Crippen molar-refractivity contribution in [2.75, 3.05) is 25.9 Å². The van der Waals surface area contributed by atoms with Crippen LogP contribution in [0.25, 0.3) is 0 Å². The molecule has 3 rings (SSSR count). The molecule has 1 heterocycles. The van der Waals surface area contributed by atoms with Gasteiger partial charge in [-0.1, -0.05) is 50.2 Å². The number of piperazine rings is 1. The van der Waals surface area contributed by atoms with E-state index in [-0.39, 0.29) is 5.54 Å². The number of benzene rings is 2. The van der Waals surface area contributed by atoms with E-state index < -0.39 is 9.84 Å². The number of hydrogen-bond donors (Lipinski definition) is 0. The van der Waals surface area contributed by atoms with E-state index in [4.69, 9.17) is 0 Å². The monoisotopic (exact) mass is 428 g/mol. The van der Waals surface area contributed by atoms with E-state index in [0.717, 1.165) is 31.7 Å². The van der Waals surface area contributed by atoms with Crippen molar-refractivity contribution in [3.05, 3.63) is 65.2 Å². The third-order valence-electron chi connectivity index (χ3n) is 6.06. The zero-order chi connectivity index (χ0) is 22.1. The highest BCUT2D eigenvalue weighted by molar-refractivity contribution is 7.90. The van der Waals surface area contributed by atoms with Crippen molar-refractivity contribution in [2.24, 2.45) is 0 Å². The van der Waals surface area contributed by atoms with Gasteiger partial charge >= 0.3 is 0 Å². The van der Waals surface area contributed by atoms with Gasteiger partial charge in [0.1, 0.15) is 0 Å². The molecule has 1 fully saturated rings. The maximum absolute atomic E-state index is 11.7. The minimum Gasteiger partial charge on any atom is -0.296 e. The Morgan fingerprint density at radius 3 is 2.20 bits per heavy atom. The molecule has 0 aliphatic carbocycles. The predicted molar refractivity (Wildman–Crippen MR) is 125 cm³/mol. The molecular weight excluding hydrogens is 392 g/mol. The van der Waals surface area contributed by atoms with Crippen molar-refractivity contribution >= 4 is 9.84 Å². The van der Waals surface area contributed by atoms with Crippen LogP contribution in [0.2, 0.25) is 0 Å². The molecule has 1 unspecified atom stereocenters. The molecule has 0 amide bonds. The van der Waals surface area contributed by atoms with Gasteiger partial charge in [-0.3, -0.25) is 9.80 Å². The molecule has 0 saturated carbocycles. The van der Waals surface area contributed by atoms with E-state index in [2.05, 4.69) is 68.7 Å². The molecular formula is C25H36N2O2S. The lowest BCUT2D eigenvalue weighted by molar-refractivity contribution is 0.00554. The van der Waals surface area contributed by atoms with Gasteiger partial charge in [0.05, 0.1) is 4.90 Å². The molecule has 0 N–H and O–H groups in total. The summed E-state index contributed by atoms with van der Waals surface area (Å²) in [6.45, 7) is 15.3. The zero-order valence-electron chi connectivity index (χ0n) is 19.2. The van der Waals surface area contributed by atoms with Crippen molar-refractivity contribution < 1.29 is 8.42 Å². The smallest absolute Gasteiger partial charge is 0.175 e. The lowest BCUT2D eigenvalue weighted by atomic mass is 9.88. The molecule has 2 aromatic carbocycles. The first-order valence-corrected chi connectivity index (χ1v) is 12.7. The third-order valence-corrected chi connectivity index (χ3v) is 7.19. The van der Waals surface area contributed by atoms with Gasteiger partial charge in [0, 0.05) is 44.0 Å². The molecule has 0 spiro atoms. The minimum absolute atomic E-state index is 0.0952. The Morgan fingerprint density at radius 1 is 1.00 bits per heavy atom. The van der Waals surface area contributed by atoms with E-state index in [9.17, 15) is 8.42 Å². The first kappa shape index (κ1) is 23.0. The number of sulfone groups is 1. The van der Waals surface area contributed by atoms with E-state index in [0.29, 0.717) is 16.9 Å². The van der Waals surface area contributed by atoms with E-state index in [1.807, 2.05) is 12.1 Å². The van der Waals surface area contributed by atoms with Crippen LogP contribution in [0.3, 0.4) is 0 Å². The quantitative estimate of drug-likeness (QED) is 0.681. The summed E-state index contributed by atoms with van der Waals surface area (Å²) in [5.41, 5.74) is 4.11. The van der Waals surface area contributed by atoms with Crippen LogP contribution in [0.15, 0.2) is 53.4 Å². The molecule has 164 valence electrons. The standard InChI is InChI=1S/C25H36N2O2S/c1-19(2)22-9-7-8-10-23(22)24-18-26(15-16-27(24)25(3,4)5)17-20-11-13-21(14-12-20)30(6,28)29/h7-14,19,24H,15-18H2,1-6H3.